The molecule has 2 aromatic heterocycles. The minimum absolute atomic E-state index is 0.641. The van der Waals surface area contributed by atoms with Gasteiger partial charge in [-0.3, -0.25) is 0 Å². The van der Waals surface area contributed by atoms with Gasteiger partial charge in [0.2, 0.25) is 0 Å². The summed E-state index contributed by atoms with van der Waals surface area (Å²) in [6.07, 6.45) is 0. The molecule has 0 saturated carbocycles. The number of rotatable bonds is 6. The Morgan fingerprint density at radius 3 is 1.58 bits per heavy atom. The third-order valence-corrected chi connectivity index (χ3v) is 12.1. The molecule has 0 unspecified atom stereocenters. The largest absolute Gasteiger partial charge is 0.208 e. The van der Waals surface area contributed by atoms with Gasteiger partial charge in [0.05, 0.1) is 0 Å². The Labute approximate surface area is 334 Å². The first-order valence-corrected chi connectivity index (χ1v) is 20.0. The number of thiophene rings is 1. The second kappa shape index (κ2) is 13.8. The fourth-order valence-corrected chi connectivity index (χ4v) is 9.22. The molecule has 9 aromatic carbocycles. The Kier molecular flexibility index (Phi) is 8.01. The first-order valence-electron chi connectivity index (χ1n) is 19.2. The third-order valence-electron chi connectivity index (χ3n) is 10.9. The summed E-state index contributed by atoms with van der Waals surface area (Å²) in [7, 11) is 0. The predicted octanol–water partition coefficient (Wildman–Crippen LogP) is 14.5. The van der Waals surface area contributed by atoms with Gasteiger partial charge in [-0.05, 0) is 85.3 Å². The van der Waals surface area contributed by atoms with Gasteiger partial charge in [0.1, 0.15) is 0 Å². The monoisotopic (exact) mass is 743 g/mol. The van der Waals surface area contributed by atoms with Crippen molar-refractivity contribution in [1.29, 1.82) is 0 Å². The highest BCUT2D eigenvalue weighted by Gasteiger charge is 2.17. The van der Waals surface area contributed by atoms with Gasteiger partial charge in [-0.15, -0.1) is 11.3 Å². The Hall–Kier alpha value is -7.27. The Morgan fingerprint density at radius 2 is 0.825 bits per heavy atom. The molecule has 57 heavy (non-hydrogen) atoms. The maximum atomic E-state index is 5.20. The summed E-state index contributed by atoms with van der Waals surface area (Å²) in [4.78, 5) is 15.5. The van der Waals surface area contributed by atoms with E-state index in [4.69, 9.17) is 15.0 Å². The summed E-state index contributed by atoms with van der Waals surface area (Å²) in [5.74, 6) is 1.95. The normalized spacial score (nSPS) is 11.5. The van der Waals surface area contributed by atoms with E-state index in [1.54, 1.807) is 11.3 Å². The maximum absolute atomic E-state index is 5.20. The number of hydrogen-bond acceptors (Lipinski definition) is 4. The molecule has 0 radical (unpaired) electrons. The van der Waals surface area contributed by atoms with Gasteiger partial charge in [-0.1, -0.05) is 170 Å². The molecule has 4 heteroatoms. The van der Waals surface area contributed by atoms with Crippen LogP contribution in [0.25, 0.3) is 109 Å². The van der Waals surface area contributed by atoms with Crippen molar-refractivity contribution in [3.63, 3.8) is 0 Å². The van der Waals surface area contributed by atoms with E-state index in [2.05, 4.69) is 200 Å². The molecule has 266 valence electrons. The van der Waals surface area contributed by atoms with Gasteiger partial charge in [0.15, 0.2) is 17.5 Å². The van der Waals surface area contributed by atoms with E-state index in [0.29, 0.717) is 17.5 Å². The molecule has 0 amide bonds. The molecule has 0 fully saturated rings. The molecule has 0 spiro atoms. The van der Waals surface area contributed by atoms with Crippen molar-refractivity contribution in [2.75, 3.05) is 0 Å². The standard InChI is InChI=1S/C53H33N3S/c1-2-12-37(13-3-1)48-33-43(32-42-15-6-7-16-44(42)48)36-23-28-39(29-24-36)52-54-51(38-26-21-35(22-27-38)41-30-25-34-11-4-5-14-40(34)31-41)55-53(56-52)47-19-10-18-46-45-17-8-9-20-49(45)57-50(46)47/h1-33H. The van der Waals surface area contributed by atoms with E-state index in [9.17, 15) is 0 Å². The summed E-state index contributed by atoms with van der Waals surface area (Å²) < 4.78 is 2.42. The molecular weight excluding hydrogens is 711 g/mol. The molecule has 0 aliphatic carbocycles. The molecule has 0 aliphatic rings. The first-order chi connectivity index (χ1) is 28.2. The van der Waals surface area contributed by atoms with Crippen molar-refractivity contribution < 1.29 is 0 Å². The van der Waals surface area contributed by atoms with E-state index in [-0.39, 0.29) is 0 Å². The summed E-state index contributed by atoms with van der Waals surface area (Å²) in [5.41, 5.74) is 9.93. The molecular formula is C53H33N3S. The fourth-order valence-electron chi connectivity index (χ4n) is 8.00. The third kappa shape index (κ3) is 6.04. The van der Waals surface area contributed by atoms with Gasteiger partial charge < -0.3 is 0 Å². The zero-order valence-electron chi connectivity index (χ0n) is 30.8. The van der Waals surface area contributed by atoms with Crippen molar-refractivity contribution in [3.8, 4) is 67.5 Å². The molecule has 11 aromatic rings. The van der Waals surface area contributed by atoms with Crippen LogP contribution in [0.3, 0.4) is 0 Å². The van der Waals surface area contributed by atoms with Crippen LogP contribution in [-0.2, 0) is 0 Å². The van der Waals surface area contributed by atoms with Crippen LogP contribution in [0.2, 0.25) is 0 Å². The van der Waals surface area contributed by atoms with Crippen molar-refractivity contribution in [2.45, 2.75) is 0 Å². The molecule has 0 bridgehead atoms. The molecule has 0 aliphatic heterocycles. The molecule has 0 saturated heterocycles. The van der Waals surface area contributed by atoms with E-state index in [1.165, 1.54) is 64.0 Å². The zero-order chi connectivity index (χ0) is 37.7. The van der Waals surface area contributed by atoms with Gasteiger partial charge in [0, 0.05) is 36.9 Å². The number of aromatic nitrogens is 3. The maximum Gasteiger partial charge on any atom is 0.165 e. The van der Waals surface area contributed by atoms with Crippen molar-refractivity contribution in [1.82, 2.24) is 15.0 Å². The van der Waals surface area contributed by atoms with E-state index in [1.807, 2.05) is 0 Å². The highest BCUT2D eigenvalue weighted by Crippen LogP contribution is 2.40. The van der Waals surface area contributed by atoms with Crippen molar-refractivity contribution >= 4 is 53.1 Å². The van der Waals surface area contributed by atoms with Gasteiger partial charge in [0.25, 0.3) is 0 Å². The summed E-state index contributed by atoms with van der Waals surface area (Å²) in [6.45, 7) is 0. The second-order valence-corrected chi connectivity index (χ2v) is 15.5. The molecule has 0 N–H and O–H groups in total. The smallest absolute Gasteiger partial charge is 0.165 e. The number of benzene rings is 9. The molecule has 3 nitrogen and oxygen atoms in total. The van der Waals surface area contributed by atoms with Gasteiger partial charge in [-0.25, -0.2) is 15.0 Å². The lowest BCUT2D eigenvalue weighted by Gasteiger charge is -2.12. The number of fused-ring (bicyclic) bond motifs is 5. The van der Waals surface area contributed by atoms with Crippen molar-refractivity contribution in [3.05, 3.63) is 200 Å². The molecule has 11 rings (SSSR count). The Bertz CT molecular complexity index is 3280. The highest BCUT2D eigenvalue weighted by molar-refractivity contribution is 7.26. The Balaban J connectivity index is 1.02. The van der Waals surface area contributed by atoms with Gasteiger partial charge in [-0.2, -0.15) is 0 Å². The minimum Gasteiger partial charge on any atom is -0.208 e. The van der Waals surface area contributed by atoms with Crippen LogP contribution in [0.15, 0.2) is 200 Å². The minimum atomic E-state index is 0.641. The van der Waals surface area contributed by atoms with Crippen LogP contribution in [0.1, 0.15) is 0 Å². The van der Waals surface area contributed by atoms with Crippen LogP contribution in [0, 0.1) is 0 Å². The summed E-state index contributed by atoms with van der Waals surface area (Å²) in [6, 6.07) is 71.2. The lowest BCUT2D eigenvalue weighted by molar-refractivity contribution is 1.08. The van der Waals surface area contributed by atoms with Crippen LogP contribution in [0.5, 0.6) is 0 Å². The fraction of sp³-hybridized carbons (Fsp3) is 0. The molecule has 0 atom stereocenters. The predicted molar refractivity (Wildman–Crippen MR) is 240 cm³/mol. The lowest BCUT2D eigenvalue weighted by Crippen LogP contribution is -2.00. The van der Waals surface area contributed by atoms with Crippen LogP contribution < -0.4 is 0 Å². The second-order valence-electron chi connectivity index (χ2n) is 14.4. The Morgan fingerprint density at radius 1 is 0.281 bits per heavy atom. The molecule has 2 heterocycles. The van der Waals surface area contributed by atoms with E-state index < -0.39 is 0 Å². The summed E-state index contributed by atoms with van der Waals surface area (Å²) >= 11 is 1.79. The highest BCUT2D eigenvalue weighted by atomic mass is 32.1. The lowest BCUT2D eigenvalue weighted by atomic mass is 9.93. The van der Waals surface area contributed by atoms with Crippen LogP contribution in [-0.4, -0.2) is 15.0 Å². The van der Waals surface area contributed by atoms with Crippen LogP contribution >= 0.6 is 11.3 Å². The number of hydrogen-bond donors (Lipinski definition) is 0. The van der Waals surface area contributed by atoms with Crippen LogP contribution in [0.4, 0.5) is 0 Å². The van der Waals surface area contributed by atoms with E-state index >= 15 is 0 Å². The summed E-state index contributed by atoms with van der Waals surface area (Å²) in [5, 5.41) is 7.38. The first kappa shape index (κ1) is 33.1. The van der Waals surface area contributed by atoms with E-state index in [0.717, 1.165) is 27.8 Å². The SMILES string of the molecule is c1ccc(-c2cc(-c3ccc(-c4nc(-c5ccc(-c6ccc7ccccc7c6)cc5)nc(-c5cccc6c5sc5ccccc56)n4)cc3)cc3ccccc23)cc1. The van der Waals surface area contributed by atoms with Crippen molar-refractivity contribution in [2.24, 2.45) is 0 Å². The zero-order valence-corrected chi connectivity index (χ0v) is 31.6. The van der Waals surface area contributed by atoms with Gasteiger partial charge >= 0.3 is 0 Å². The average Bonchev–Trinajstić information content (AvgIpc) is 3.68. The quantitative estimate of drug-likeness (QED) is 0.170. The topological polar surface area (TPSA) is 38.7 Å². The average molecular weight is 744 g/mol. The number of nitrogens with zero attached hydrogens (tertiary/aromatic N) is 3.